The number of aliphatic hydroxyl groups is 1. The second kappa shape index (κ2) is 10.8. The maximum Gasteiger partial charge on any atom is 0.293 e. The molecule has 3 aliphatic carbocycles. The first-order valence-electron chi connectivity index (χ1n) is 12.9. The zero-order chi connectivity index (χ0) is 25.0. The molecule has 0 bridgehead atoms. The zero-order valence-corrected chi connectivity index (χ0v) is 21.8. The number of hydrogen-bond donors (Lipinski definition) is 1. The summed E-state index contributed by atoms with van der Waals surface area (Å²) in [5, 5.41) is 9.14. The van der Waals surface area contributed by atoms with Crippen molar-refractivity contribution in [2.24, 2.45) is 11.3 Å². The SMILES string of the molecule is CC.CC.CC.CC1=C(COC=O)C2CC3OC34C(=O)C(CCCO)=CC3OC34C2(C)CC1. The van der Waals surface area contributed by atoms with Gasteiger partial charge in [0.15, 0.2) is 11.4 Å². The van der Waals surface area contributed by atoms with Gasteiger partial charge in [-0.2, -0.15) is 0 Å². The van der Waals surface area contributed by atoms with Crippen LogP contribution >= 0.6 is 0 Å². The summed E-state index contributed by atoms with van der Waals surface area (Å²) < 4.78 is 17.6. The van der Waals surface area contributed by atoms with Crippen molar-refractivity contribution in [2.45, 2.75) is 111 Å². The van der Waals surface area contributed by atoms with E-state index in [1.165, 1.54) is 11.1 Å². The van der Waals surface area contributed by atoms with Gasteiger partial charge in [-0.3, -0.25) is 9.59 Å². The van der Waals surface area contributed by atoms with Gasteiger partial charge in [-0.1, -0.05) is 54.0 Å². The van der Waals surface area contributed by atoms with Crippen molar-refractivity contribution in [1.82, 2.24) is 0 Å². The fourth-order valence-electron chi connectivity index (χ4n) is 6.44. The van der Waals surface area contributed by atoms with Gasteiger partial charge in [0.25, 0.3) is 6.47 Å². The Morgan fingerprint density at radius 3 is 2.45 bits per heavy atom. The highest BCUT2D eigenvalue weighted by molar-refractivity contribution is 6.08. The molecular weight excluding hydrogens is 420 g/mol. The van der Waals surface area contributed by atoms with E-state index in [1.807, 2.05) is 47.6 Å². The number of aliphatic hydroxyl groups excluding tert-OH is 1. The number of ether oxygens (including phenoxy) is 3. The smallest absolute Gasteiger partial charge is 0.293 e. The van der Waals surface area contributed by atoms with Gasteiger partial charge in [-0.05, 0) is 62.2 Å². The van der Waals surface area contributed by atoms with E-state index in [4.69, 9.17) is 19.3 Å². The van der Waals surface area contributed by atoms with E-state index in [0.717, 1.165) is 24.8 Å². The summed E-state index contributed by atoms with van der Waals surface area (Å²) in [5.41, 5.74) is 1.54. The minimum atomic E-state index is -0.843. The third-order valence-electron chi connectivity index (χ3n) is 7.88. The highest BCUT2D eigenvalue weighted by atomic mass is 16.7. The minimum Gasteiger partial charge on any atom is -0.463 e. The largest absolute Gasteiger partial charge is 0.463 e. The molecule has 5 rings (SSSR count). The van der Waals surface area contributed by atoms with Crippen LogP contribution < -0.4 is 0 Å². The van der Waals surface area contributed by atoms with Crippen LogP contribution in [0.1, 0.15) is 87.5 Å². The minimum absolute atomic E-state index is 0.0614. The molecule has 3 fully saturated rings. The van der Waals surface area contributed by atoms with Crippen molar-refractivity contribution in [1.29, 1.82) is 0 Å². The van der Waals surface area contributed by atoms with Crippen molar-refractivity contribution >= 4 is 12.3 Å². The van der Waals surface area contributed by atoms with Gasteiger partial charge in [0.05, 0.1) is 6.10 Å². The van der Waals surface area contributed by atoms with Crippen LogP contribution in [0.3, 0.4) is 0 Å². The predicted octanol–water partition coefficient (Wildman–Crippen LogP) is 4.93. The first-order valence-corrected chi connectivity index (χ1v) is 12.9. The summed E-state index contributed by atoms with van der Waals surface area (Å²) in [6.07, 6.45) is 5.50. The normalized spacial score (nSPS) is 38.6. The molecule has 2 spiro atoms. The average molecular weight is 465 g/mol. The highest BCUT2D eigenvalue weighted by Gasteiger charge is 2.92. The summed E-state index contributed by atoms with van der Waals surface area (Å²) in [4.78, 5) is 24.1. The molecule has 2 heterocycles. The fraction of sp³-hybridized carbons (Fsp3) is 0.778. The summed E-state index contributed by atoms with van der Waals surface area (Å²) in [7, 11) is 0. The number of hydrogen-bond acceptors (Lipinski definition) is 6. The van der Waals surface area contributed by atoms with Crippen molar-refractivity contribution < 1.29 is 28.9 Å². The molecule has 6 atom stereocenters. The van der Waals surface area contributed by atoms with Crippen LogP contribution in [0, 0.1) is 11.3 Å². The van der Waals surface area contributed by atoms with E-state index >= 15 is 0 Å². The van der Waals surface area contributed by atoms with Crippen LogP contribution in [-0.2, 0) is 23.8 Å². The van der Waals surface area contributed by atoms with Gasteiger partial charge in [0.2, 0.25) is 0 Å². The Labute approximate surface area is 199 Å². The first kappa shape index (κ1) is 27.7. The lowest BCUT2D eigenvalue weighted by molar-refractivity contribution is -0.129. The Morgan fingerprint density at radius 2 is 1.85 bits per heavy atom. The molecule has 6 nitrogen and oxygen atoms in total. The monoisotopic (exact) mass is 464 g/mol. The summed E-state index contributed by atoms with van der Waals surface area (Å²) in [5.74, 6) is 0.253. The molecule has 188 valence electrons. The second-order valence-corrected chi connectivity index (χ2v) is 8.88. The molecule has 0 aromatic carbocycles. The van der Waals surface area contributed by atoms with Crippen molar-refractivity contribution in [3.63, 3.8) is 0 Å². The van der Waals surface area contributed by atoms with E-state index < -0.39 is 11.2 Å². The van der Waals surface area contributed by atoms with Crippen LogP contribution in [-0.4, -0.2) is 54.0 Å². The molecule has 0 aromatic heterocycles. The Morgan fingerprint density at radius 1 is 1.18 bits per heavy atom. The van der Waals surface area contributed by atoms with E-state index in [1.54, 1.807) is 0 Å². The number of ketones is 1. The predicted molar refractivity (Wildman–Crippen MR) is 129 cm³/mol. The Kier molecular flexibility index (Phi) is 9.11. The maximum absolute atomic E-state index is 13.4. The second-order valence-electron chi connectivity index (χ2n) is 8.88. The molecule has 6 unspecified atom stereocenters. The first-order chi connectivity index (χ1) is 16.0. The molecule has 0 amide bonds. The number of Topliss-reactive ketones (excluding diaryl/α,β-unsaturated/α-hetero) is 1. The lowest BCUT2D eigenvalue weighted by Crippen LogP contribution is -2.63. The summed E-state index contributed by atoms with van der Waals surface area (Å²) in [6.45, 7) is 17.2. The van der Waals surface area contributed by atoms with E-state index in [2.05, 4.69) is 13.8 Å². The Bertz CT molecular complexity index is 785. The lowest BCUT2D eigenvalue weighted by atomic mass is 9.48. The molecule has 2 saturated heterocycles. The van der Waals surface area contributed by atoms with Crippen molar-refractivity contribution in [2.75, 3.05) is 13.2 Å². The van der Waals surface area contributed by atoms with Gasteiger partial charge in [-0.25, -0.2) is 0 Å². The van der Waals surface area contributed by atoms with Gasteiger partial charge < -0.3 is 19.3 Å². The summed E-state index contributed by atoms with van der Waals surface area (Å²) in [6, 6.07) is 0. The molecule has 1 N–H and O–H groups in total. The topological polar surface area (TPSA) is 88.7 Å². The lowest BCUT2D eigenvalue weighted by Gasteiger charge is -2.52. The molecule has 0 radical (unpaired) electrons. The molecule has 0 aromatic rings. The number of carbonyl (C=O) groups is 2. The third-order valence-corrected chi connectivity index (χ3v) is 7.88. The average Bonchev–Trinajstić information content (AvgIpc) is 3.76. The van der Waals surface area contributed by atoms with Crippen LogP contribution in [0.25, 0.3) is 0 Å². The van der Waals surface area contributed by atoms with Gasteiger partial charge in [0, 0.05) is 12.0 Å². The number of fused-ring (bicyclic) bond motifs is 1. The van der Waals surface area contributed by atoms with Crippen LogP contribution in [0.15, 0.2) is 22.8 Å². The number of carbonyl (C=O) groups excluding carboxylic acids is 2. The standard InChI is InChI=1S/C21H26O6.3C2H6/c1-12-5-6-19(2)15(14(12)10-25-11-23)9-16-20(26-16)18(24)13(4-3-7-22)8-17-21(19,20)27-17;3*1-2/h8,11,15-17,22H,3-7,9-10H2,1-2H3;3*1-2H3. The van der Waals surface area contributed by atoms with E-state index in [9.17, 15) is 9.59 Å². The molecule has 2 aliphatic heterocycles. The van der Waals surface area contributed by atoms with E-state index in [-0.39, 0.29) is 35.9 Å². The number of allylic oxidation sites excluding steroid dienone is 1. The number of rotatable bonds is 6. The Balaban J connectivity index is 0.000000597. The quantitative estimate of drug-likeness (QED) is 0.341. The molecule has 5 aliphatic rings. The Hall–Kier alpha value is -1.50. The maximum atomic E-state index is 13.4. The molecular formula is C27H44O6. The zero-order valence-electron chi connectivity index (χ0n) is 21.8. The molecule has 33 heavy (non-hydrogen) atoms. The van der Waals surface area contributed by atoms with Crippen molar-refractivity contribution in [3.8, 4) is 0 Å². The molecule has 1 saturated carbocycles. The molecule has 6 heteroatoms. The summed E-state index contributed by atoms with van der Waals surface area (Å²) >= 11 is 0. The van der Waals surface area contributed by atoms with Crippen molar-refractivity contribution in [3.05, 3.63) is 22.8 Å². The fourth-order valence-corrected chi connectivity index (χ4v) is 6.44. The van der Waals surface area contributed by atoms with Crippen LogP contribution in [0.2, 0.25) is 0 Å². The highest BCUT2D eigenvalue weighted by Crippen LogP contribution is 2.77. The third kappa shape index (κ3) is 3.82. The van der Waals surface area contributed by atoms with E-state index in [0.29, 0.717) is 25.9 Å². The van der Waals surface area contributed by atoms with Gasteiger partial charge >= 0.3 is 0 Å². The van der Waals surface area contributed by atoms with Gasteiger partial charge in [-0.15, -0.1) is 0 Å². The van der Waals surface area contributed by atoms with Gasteiger partial charge in [0.1, 0.15) is 18.3 Å². The number of epoxide rings is 2. The van der Waals surface area contributed by atoms with Crippen LogP contribution in [0.4, 0.5) is 0 Å². The van der Waals surface area contributed by atoms with Crippen LogP contribution in [0.5, 0.6) is 0 Å².